The van der Waals surface area contributed by atoms with Gasteiger partial charge in [-0.3, -0.25) is 9.97 Å². The van der Waals surface area contributed by atoms with Gasteiger partial charge >= 0.3 is 0 Å². The van der Waals surface area contributed by atoms with Gasteiger partial charge in [-0.15, -0.1) is 11.3 Å². The number of benzene rings is 4. The Morgan fingerprint density at radius 2 is 1.39 bits per heavy atom. The van der Waals surface area contributed by atoms with Gasteiger partial charge in [0, 0.05) is 49.2 Å². The number of fused-ring (bicyclic) bond motifs is 7. The van der Waals surface area contributed by atoms with Gasteiger partial charge in [-0.05, 0) is 65.7 Å². The molecule has 0 spiro atoms. The first kappa shape index (κ1) is 21.3. The largest absolute Gasteiger partial charge is 0.307 e. The fourth-order valence-corrected chi connectivity index (χ4v) is 6.68. The minimum atomic E-state index is 0.979. The molecule has 0 saturated carbocycles. The summed E-state index contributed by atoms with van der Waals surface area (Å²) < 4.78 is 4.98. The van der Waals surface area contributed by atoms with Crippen LogP contribution in [-0.4, -0.2) is 14.5 Å². The van der Waals surface area contributed by atoms with Crippen LogP contribution >= 0.6 is 11.3 Å². The second kappa shape index (κ2) is 8.37. The smallest absolute Gasteiger partial charge is 0.0963 e. The maximum Gasteiger partial charge on any atom is 0.0963 e. The number of hydrogen-bond acceptors (Lipinski definition) is 3. The van der Waals surface area contributed by atoms with Gasteiger partial charge in [0.15, 0.2) is 0 Å². The summed E-state index contributed by atoms with van der Waals surface area (Å²) in [7, 11) is 0. The summed E-state index contributed by atoms with van der Waals surface area (Å²) in [5.74, 6) is 0. The predicted molar refractivity (Wildman–Crippen MR) is 160 cm³/mol. The van der Waals surface area contributed by atoms with Crippen molar-refractivity contribution in [2.75, 3.05) is 0 Å². The minimum Gasteiger partial charge on any atom is -0.307 e. The Balaban J connectivity index is 1.34. The van der Waals surface area contributed by atoms with Crippen molar-refractivity contribution < 1.29 is 0 Å². The molecule has 0 saturated heterocycles. The molecule has 0 atom stereocenters. The molecule has 4 aromatic heterocycles. The summed E-state index contributed by atoms with van der Waals surface area (Å²) in [4.78, 5) is 9.41. The first-order valence-electron chi connectivity index (χ1n) is 12.7. The molecule has 4 heteroatoms. The van der Waals surface area contributed by atoms with Crippen LogP contribution in [0.3, 0.4) is 0 Å². The van der Waals surface area contributed by atoms with Gasteiger partial charge in [0.2, 0.25) is 0 Å². The van der Waals surface area contributed by atoms with Crippen molar-refractivity contribution in [1.82, 2.24) is 14.5 Å². The van der Waals surface area contributed by atoms with E-state index in [9.17, 15) is 0 Å². The van der Waals surface area contributed by atoms with Crippen molar-refractivity contribution >= 4 is 53.4 Å². The molecule has 4 heterocycles. The average molecular weight is 504 g/mol. The Morgan fingerprint density at radius 3 is 2.29 bits per heavy atom. The average Bonchev–Trinajstić information content (AvgIpc) is 3.53. The van der Waals surface area contributed by atoms with Crippen molar-refractivity contribution in [1.29, 1.82) is 0 Å². The highest BCUT2D eigenvalue weighted by Gasteiger charge is 2.18. The second-order valence-corrected chi connectivity index (χ2v) is 10.6. The molecule has 0 amide bonds. The first-order chi connectivity index (χ1) is 18.8. The van der Waals surface area contributed by atoms with Crippen LogP contribution in [0.1, 0.15) is 0 Å². The Labute approximate surface area is 223 Å². The van der Waals surface area contributed by atoms with Crippen LogP contribution in [0.2, 0.25) is 0 Å². The lowest BCUT2D eigenvalue weighted by molar-refractivity contribution is 1.18. The third-order valence-electron chi connectivity index (χ3n) is 7.31. The van der Waals surface area contributed by atoms with E-state index in [2.05, 4.69) is 101 Å². The normalized spacial score (nSPS) is 11.7. The molecule has 0 N–H and O–H groups in total. The molecule has 38 heavy (non-hydrogen) atoms. The SMILES string of the molecule is c1ccc(-c2cc(-c3ccc(-n4c5cccnc5c5ccc6sc7ccccc7c6c54)cc3)ccn2)cc1. The molecule has 0 bridgehead atoms. The van der Waals surface area contributed by atoms with Crippen molar-refractivity contribution in [2.24, 2.45) is 0 Å². The fraction of sp³-hybridized carbons (Fsp3) is 0. The zero-order valence-electron chi connectivity index (χ0n) is 20.4. The predicted octanol–water partition coefficient (Wildman–Crippen LogP) is 9.28. The lowest BCUT2D eigenvalue weighted by atomic mass is 10.0. The summed E-state index contributed by atoms with van der Waals surface area (Å²) in [6.45, 7) is 0. The Kier molecular flexibility index (Phi) is 4.69. The second-order valence-electron chi connectivity index (χ2n) is 9.48. The van der Waals surface area contributed by atoms with E-state index in [0.29, 0.717) is 0 Å². The van der Waals surface area contributed by atoms with Gasteiger partial charge in [-0.25, -0.2) is 0 Å². The molecular weight excluding hydrogens is 482 g/mol. The van der Waals surface area contributed by atoms with Crippen molar-refractivity contribution in [3.05, 3.63) is 128 Å². The number of hydrogen-bond donors (Lipinski definition) is 0. The third-order valence-corrected chi connectivity index (χ3v) is 8.45. The highest BCUT2D eigenvalue weighted by Crippen LogP contribution is 2.42. The van der Waals surface area contributed by atoms with E-state index in [0.717, 1.165) is 33.5 Å². The Bertz CT molecular complexity index is 2120. The Hall–Kier alpha value is -4.80. The van der Waals surface area contributed by atoms with Gasteiger partial charge in [-0.1, -0.05) is 60.7 Å². The zero-order valence-corrected chi connectivity index (χ0v) is 21.2. The summed E-state index contributed by atoms with van der Waals surface area (Å²) in [6, 6.07) is 40.8. The number of aromatic nitrogens is 3. The molecular formula is C34H21N3S. The van der Waals surface area contributed by atoms with E-state index >= 15 is 0 Å². The van der Waals surface area contributed by atoms with Crippen LogP contribution in [0.25, 0.3) is 70.2 Å². The van der Waals surface area contributed by atoms with Gasteiger partial charge in [0.05, 0.1) is 22.2 Å². The van der Waals surface area contributed by atoms with Gasteiger partial charge in [-0.2, -0.15) is 0 Å². The van der Waals surface area contributed by atoms with Crippen LogP contribution < -0.4 is 0 Å². The molecule has 0 unspecified atom stereocenters. The summed E-state index contributed by atoms with van der Waals surface area (Å²) in [6.07, 6.45) is 3.78. The van der Waals surface area contributed by atoms with E-state index in [1.54, 1.807) is 0 Å². The highest BCUT2D eigenvalue weighted by molar-refractivity contribution is 7.26. The lowest BCUT2D eigenvalue weighted by Crippen LogP contribution is -1.94. The highest BCUT2D eigenvalue weighted by atomic mass is 32.1. The number of nitrogens with zero attached hydrogens (tertiary/aromatic N) is 3. The molecule has 0 aliphatic heterocycles. The van der Waals surface area contributed by atoms with Gasteiger partial charge in [0.1, 0.15) is 0 Å². The van der Waals surface area contributed by atoms with Crippen molar-refractivity contribution in [3.8, 4) is 28.1 Å². The molecule has 8 rings (SSSR count). The fourth-order valence-electron chi connectivity index (χ4n) is 5.58. The molecule has 0 fully saturated rings. The van der Waals surface area contributed by atoms with E-state index in [1.807, 2.05) is 48.0 Å². The van der Waals surface area contributed by atoms with Crippen LogP contribution in [0.15, 0.2) is 128 Å². The van der Waals surface area contributed by atoms with E-state index < -0.39 is 0 Å². The maximum atomic E-state index is 4.81. The monoisotopic (exact) mass is 503 g/mol. The molecule has 3 nitrogen and oxygen atoms in total. The lowest BCUT2D eigenvalue weighted by Gasteiger charge is -2.11. The summed E-state index contributed by atoms with van der Waals surface area (Å²) in [5, 5.41) is 3.78. The van der Waals surface area contributed by atoms with Crippen molar-refractivity contribution in [3.63, 3.8) is 0 Å². The number of thiophene rings is 1. The van der Waals surface area contributed by atoms with Crippen LogP contribution in [-0.2, 0) is 0 Å². The van der Waals surface area contributed by atoms with E-state index in [1.165, 1.54) is 36.6 Å². The topological polar surface area (TPSA) is 30.7 Å². The molecule has 0 aliphatic rings. The molecule has 4 aromatic carbocycles. The van der Waals surface area contributed by atoms with Crippen molar-refractivity contribution in [2.45, 2.75) is 0 Å². The van der Waals surface area contributed by atoms with E-state index in [4.69, 9.17) is 4.98 Å². The van der Waals surface area contributed by atoms with Gasteiger partial charge in [0.25, 0.3) is 0 Å². The molecule has 0 radical (unpaired) electrons. The maximum absolute atomic E-state index is 4.81. The zero-order chi connectivity index (χ0) is 25.1. The quantitative estimate of drug-likeness (QED) is 0.240. The number of pyridine rings is 2. The molecule has 0 aliphatic carbocycles. The Morgan fingerprint density at radius 1 is 0.553 bits per heavy atom. The first-order valence-corrected chi connectivity index (χ1v) is 13.5. The van der Waals surface area contributed by atoms with Crippen LogP contribution in [0.4, 0.5) is 0 Å². The summed E-state index contributed by atoms with van der Waals surface area (Å²) in [5.41, 5.74) is 8.92. The summed E-state index contributed by atoms with van der Waals surface area (Å²) >= 11 is 1.85. The number of rotatable bonds is 3. The van der Waals surface area contributed by atoms with E-state index in [-0.39, 0.29) is 0 Å². The standard InChI is InChI=1S/C34H21N3S/c1-2-7-23(8-3-1)28-21-24(18-20-35-28)22-12-14-25(15-13-22)37-29-10-6-19-36-33(29)27-16-17-31-32(34(27)37)26-9-4-5-11-30(26)38-31/h1-21H. The third kappa shape index (κ3) is 3.21. The molecule has 8 aromatic rings. The van der Waals surface area contributed by atoms with Crippen LogP contribution in [0.5, 0.6) is 0 Å². The van der Waals surface area contributed by atoms with Gasteiger partial charge < -0.3 is 4.57 Å². The van der Waals surface area contributed by atoms with Crippen LogP contribution in [0, 0.1) is 0 Å². The minimum absolute atomic E-state index is 0.979. The molecule has 178 valence electrons.